The van der Waals surface area contributed by atoms with E-state index in [0.717, 1.165) is 12.8 Å². The topological polar surface area (TPSA) is 0 Å². The maximum atomic E-state index is 4.79. The molecule has 0 unspecified atom stereocenters. The van der Waals surface area contributed by atoms with E-state index in [-0.39, 0.29) is 42.2 Å². The Bertz CT molecular complexity index is 1690. The molecule has 1 heteroatoms. The molecule has 0 spiro atoms. The van der Waals surface area contributed by atoms with Crippen LogP contribution in [0.3, 0.4) is 0 Å². The van der Waals surface area contributed by atoms with Gasteiger partial charge >= 0.3 is 0 Å². The summed E-state index contributed by atoms with van der Waals surface area (Å²) in [6.45, 7) is 32.5. The van der Waals surface area contributed by atoms with Crippen molar-refractivity contribution in [1.29, 1.82) is 0 Å². The summed E-state index contributed by atoms with van der Waals surface area (Å²) < 4.78 is -0.380. The molecule has 0 N–H and O–H groups in total. The quantitative estimate of drug-likeness (QED) is 0.233. The average Bonchev–Trinajstić information content (AvgIpc) is 3.00. The van der Waals surface area contributed by atoms with Crippen LogP contribution in [0.1, 0.15) is 208 Å². The molecule has 6 aliphatic carbocycles. The zero-order chi connectivity index (χ0) is 34.8. The van der Waals surface area contributed by atoms with E-state index in [1.807, 2.05) is 0 Å². The van der Waals surface area contributed by atoms with Gasteiger partial charge in [0.2, 0.25) is 0 Å². The molecule has 0 atom stereocenters. The second kappa shape index (κ2) is 9.52. The summed E-state index contributed by atoms with van der Waals surface area (Å²) in [6, 6.07) is 16.4. The smallest absolute Gasteiger partial charge is 0.0695 e. The maximum Gasteiger partial charge on any atom is 0.101 e. The lowest BCUT2D eigenvalue weighted by Gasteiger charge is -2.58. The van der Waals surface area contributed by atoms with Crippen LogP contribution in [0.15, 0.2) is 36.4 Å². The molecule has 0 aromatic heterocycles. The maximum absolute atomic E-state index is 4.79. The van der Waals surface area contributed by atoms with E-state index in [1.165, 1.54) is 55.2 Å². The van der Waals surface area contributed by atoms with Crippen molar-refractivity contribution >= 4 is 15.9 Å². The predicted octanol–water partition coefficient (Wildman–Crippen LogP) is 13.2. The van der Waals surface area contributed by atoms with Crippen LogP contribution < -0.4 is 0 Å². The Hall–Kier alpha value is -1.86. The average molecular weight is 706 g/mol. The summed E-state index contributed by atoms with van der Waals surface area (Å²) in [5.74, 6) is 0. The number of hydrogen-bond acceptors (Lipinski definition) is 0. The van der Waals surface area contributed by atoms with Crippen molar-refractivity contribution < 1.29 is 0 Å². The van der Waals surface area contributed by atoms with Crippen molar-refractivity contribution in [3.63, 3.8) is 0 Å². The van der Waals surface area contributed by atoms with Gasteiger partial charge in [0, 0.05) is 5.41 Å². The number of rotatable bonds is 2. The van der Waals surface area contributed by atoms with Crippen LogP contribution in [0, 0.1) is 0 Å². The SMILES string of the molecule is CCCC12c3cc4c(cc3C(Br)(c3cc5c(cc31)C(C)(C)CCC5(C)C)c1cc3c(cc12)C(C)(C)CCC3(C)C)C(C)(C)CCC4(C)C. The predicted molar refractivity (Wildman–Crippen MR) is 209 cm³/mol. The molecule has 256 valence electrons. The third-order valence-corrected chi connectivity index (χ3v) is 16.4. The van der Waals surface area contributed by atoms with E-state index >= 15 is 0 Å². The Morgan fingerprint density at radius 2 is 0.583 bits per heavy atom. The van der Waals surface area contributed by atoms with Crippen molar-refractivity contribution in [2.24, 2.45) is 0 Å². The van der Waals surface area contributed by atoms with Gasteiger partial charge < -0.3 is 0 Å². The third-order valence-electron chi connectivity index (χ3n) is 15.1. The van der Waals surface area contributed by atoms with E-state index in [1.54, 1.807) is 50.1 Å². The highest BCUT2D eigenvalue weighted by molar-refractivity contribution is 9.10. The van der Waals surface area contributed by atoms with Gasteiger partial charge in [-0.3, -0.25) is 0 Å². The second-order valence-electron chi connectivity index (χ2n) is 20.9. The Morgan fingerprint density at radius 3 is 0.792 bits per heavy atom. The van der Waals surface area contributed by atoms with Gasteiger partial charge in [0.05, 0.1) is 0 Å². The monoisotopic (exact) mass is 704 g/mol. The van der Waals surface area contributed by atoms with Crippen molar-refractivity contribution in [3.05, 3.63) is 103 Å². The first-order valence-corrected chi connectivity index (χ1v) is 20.1. The molecule has 9 rings (SSSR count). The Morgan fingerprint density at radius 1 is 0.375 bits per heavy atom. The van der Waals surface area contributed by atoms with Gasteiger partial charge in [0.15, 0.2) is 0 Å². The number of benzene rings is 3. The van der Waals surface area contributed by atoms with Crippen LogP contribution in [0.25, 0.3) is 0 Å². The standard InChI is InChI=1S/C47H61Br/c1-14-15-46-34-22-28-31(43(8,9)19-16-40(28,2)3)25-37(34)47(48,38-26-32-29(23-35(38)46)41(4,5)17-20-44(32,10)11)39-27-33-30(24-36(39)46)42(6,7)18-21-45(33,12)13/h22-27H,14-21H2,1-13H3. The second-order valence-corrected chi connectivity index (χ2v) is 22.1. The summed E-state index contributed by atoms with van der Waals surface area (Å²) in [5, 5.41) is 0. The van der Waals surface area contributed by atoms with Crippen LogP contribution in [0.5, 0.6) is 0 Å². The summed E-state index contributed by atoms with van der Waals surface area (Å²) in [4.78, 5) is 0. The minimum absolute atomic E-state index is 0.160. The highest BCUT2D eigenvalue weighted by Gasteiger charge is 2.60. The molecule has 0 saturated carbocycles. The zero-order valence-electron chi connectivity index (χ0n) is 32.5. The molecule has 0 amide bonds. The Balaban J connectivity index is 1.57. The van der Waals surface area contributed by atoms with Crippen LogP contribution >= 0.6 is 15.9 Å². The minimum Gasteiger partial charge on any atom is -0.0695 e. The van der Waals surface area contributed by atoms with E-state index in [0.29, 0.717) is 0 Å². The van der Waals surface area contributed by atoms with Crippen molar-refractivity contribution in [2.75, 3.05) is 0 Å². The van der Waals surface area contributed by atoms with Gasteiger partial charge in [-0.2, -0.15) is 0 Å². The lowest BCUT2D eigenvalue weighted by molar-refractivity contribution is 0.325. The van der Waals surface area contributed by atoms with E-state index in [2.05, 4.69) is 126 Å². The first-order valence-electron chi connectivity index (χ1n) is 19.3. The lowest BCUT2D eigenvalue weighted by atomic mass is 9.47. The van der Waals surface area contributed by atoms with Crippen LogP contribution in [-0.4, -0.2) is 0 Å². The van der Waals surface area contributed by atoms with Gasteiger partial charge in [-0.25, -0.2) is 0 Å². The Labute approximate surface area is 301 Å². The largest absolute Gasteiger partial charge is 0.101 e. The molecule has 0 fully saturated rings. The van der Waals surface area contributed by atoms with Crippen molar-refractivity contribution in [3.8, 4) is 0 Å². The van der Waals surface area contributed by atoms with Crippen LogP contribution in [0.2, 0.25) is 0 Å². The minimum atomic E-state index is -0.380. The van der Waals surface area contributed by atoms with E-state index in [9.17, 15) is 0 Å². The molecule has 0 heterocycles. The molecule has 0 aliphatic heterocycles. The fourth-order valence-corrected chi connectivity index (χ4v) is 12.4. The van der Waals surface area contributed by atoms with Gasteiger partial charge in [-0.15, -0.1) is 0 Å². The van der Waals surface area contributed by atoms with Gasteiger partial charge in [-0.05, 0) is 144 Å². The van der Waals surface area contributed by atoms with Crippen LogP contribution in [0.4, 0.5) is 0 Å². The summed E-state index contributed by atoms with van der Waals surface area (Å²) in [7, 11) is 0. The first kappa shape index (κ1) is 33.3. The number of halogens is 1. The highest BCUT2D eigenvalue weighted by atomic mass is 79.9. The number of hydrogen-bond donors (Lipinski definition) is 0. The van der Waals surface area contributed by atoms with Gasteiger partial charge in [0.25, 0.3) is 0 Å². The van der Waals surface area contributed by atoms with Gasteiger partial charge in [0.1, 0.15) is 4.32 Å². The Kier molecular flexibility index (Phi) is 6.60. The summed E-state index contributed by atoms with van der Waals surface area (Å²) >= 11 is 4.79. The van der Waals surface area contributed by atoms with Crippen molar-refractivity contribution in [1.82, 2.24) is 0 Å². The van der Waals surface area contributed by atoms with Gasteiger partial charge in [-0.1, -0.05) is 149 Å². The van der Waals surface area contributed by atoms with Crippen LogP contribution in [-0.2, 0) is 42.2 Å². The molecule has 2 bridgehead atoms. The first-order chi connectivity index (χ1) is 22.0. The lowest BCUT2D eigenvalue weighted by Crippen LogP contribution is -2.51. The molecule has 3 aromatic carbocycles. The fraction of sp³-hybridized carbons (Fsp3) is 0.617. The van der Waals surface area contributed by atoms with E-state index in [4.69, 9.17) is 15.9 Å². The fourth-order valence-electron chi connectivity index (χ4n) is 11.4. The molecule has 0 saturated heterocycles. The molecule has 0 nitrogen and oxygen atoms in total. The van der Waals surface area contributed by atoms with Crippen molar-refractivity contribution in [2.45, 2.75) is 184 Å². The summed E-state index contributed by atoms with van der Waals surface area (Å²) in [6.07, 6.45) is 9.73. The number of alkyl halides is 1. The normalized spacial score (nSPS) is 29.9. The molecule has 48 heavy (non-hydrogen) atoms. The molecular weight excluding hydrogens is 644 g/mol. The van der Waals surface area contributed by atoms with E-state index < -0.39 is 0 Å². The molecular formula is C47H61Br. The number of fused-ring (bicyclic) bond motifs is 3. The summed E-state index contributed by atoms with van der Waals surface area (Å²) in [5.41, 5.74) is 19.7. The molecule has 6 aliphatic rings. The highest BCUT2D eigenvalue weighted by Crippen LogP contribution is 2.69. The molecule has 3 aromatic rings. The third kappa shape index (κ3) is 4.01. The molecule has 0 radical (unpaired) electrons. The zero-order valence-corrected chi connectivity index (χ0v) is 34.1.